The van der Waals surface area contributed by atoms with E-state index in [2.05, 4.69) is 22.3 Å². The Bertz CT molecular complexity index is 1260. The summed E-state index contributed by atoms with van der Waals surface area (Å²) in [6.45, 7) is 2.40. The first-order valence-corrected chi connectivity index (χ1v) is 12.9. The van der Waals surface area contributed by atoms with Gasteiger partial charge < -0.3 is 15.0 Å². The topological polar surface area (TPSA) is 79.0 Å². The zero-order chi connectivity index (χ0) is 23.5. The van der Waals surface area contributed by atoms with Gasteiger partial charge >= 0.3 is 0 Å². The average Bonchev–Trinajstić information content (AvgIpc) is 3.42. The molecule has 0 unspecified atom stereocenters. The number of rotatable bonds is 6. The lowest BCUT2D eigenvalue weighted by molar-refractivity contribution is -0.127. The molecule has 34 heavy (non-hydrogen) atoms. The fourth-order valence-corrected chi connectivity index (χ4v) is 5.89. The number of anilines is 2. The number of para-hydroxylation sites is 2. The van der Waals surface area contributed by atoms with Gasteiger partial charge in [0, 0.05) is 25.3 Å². The summed E-state index contributed by atoms with van der Waals surface area (Å²) in [7, 11) is -3.85. The van der Waals surface area contributed by atoms with Gasteiger partial charge in [-0.2, -0.15) is 0 Å². The molecule has 0 bridgehead atoms. The smallest absolute Gasteiger partial charge is 0.264 e. The number of fused-ring (bicyclic) bond motifs is 1. The van der Waals surface area contributed by atoms with Crippen molar-refractivity contribution in [3.8, 4) is 5.75 Å². The summed E-state index contributed by atoms with van der Waals surface area (Å²) in [6.07, 6.45) is 1.48. The molecule has 1 atom stereocenters. The highest BCUT2D eigenvalue weighted by molar-refractivity contribution is 7.92. The molecule has 2 heterocycles. The van der Waals surface area contributed by atoms with Crippen LogP contribution in [0, 0.1) is 0 Å². The molecule has 5 rings (SSSR count). The minimum Gasteiger partial charge on any atom is -0.476 e. The van der Waals surface area contributed by atoms with E-state index in [4.69, 9.17) is 4.74 Å². The molecule has 3 aromatic carbocycles. The van der Waals surface area contributed by atoms with Gasteiger partial charge in [-0.25, -0.2) is 8.42 Å². The van der Waals surface area contributed by atoms with Crippen LogP contribution in [0.25, 0.3) is 0 Å². The first-order chi connectivity index (χ1) is 16.5. The Morgan fingerprint density at radius 3 is 2.32 bits per heavy atom. The highest BCUT2D eigenvalue weighted by Crippen LogP contribution is 2.36. The summed E-state index contributed by atoms with van der Waals surface area (Å²) >= 11 is 0. The third kappa shape index (κ3) is 4.46. The predicted octanol–water partition coefficient (Wildman–Crippen LogP) is 3.56. The molecule has 1 fully saturated rings. The van der Waals surface area contributed by atoms with E-state index in [1.165, 1.54) is 22.8 Å². The normalized spacial score (nSPS) is 17.7. The molecule has 0 aliphatic carbocycles. The summed E-state index contributed by atoms with van der Waals surface area (Å²) in [5.41, 5.74) is 2.59. The molecule has 0 spiro atoms. The molecule has 176 valence electrons. The fraction of sp³-hybridized carbons (Fsp3) is 0.269. The summed E-state index contributed by atoms with van der Waals surface area (Å²) < 4.78 is 33.9. The van der Waals surface area contributed by atoms with E-state index < -0.39 is 16.1 Å². The Balaban J connectivity index is 1.30. The summed E-state index contributed by atoms with van der Waals surface area (Å²) in [5, 5.41) is 2.90. The van der Waals surface area contributed by atoms with Crippen LogP contribution in [0.3, 0.4) is 0 Å². The molecular weight excluding hydrogens is 450 g/mol. The lowest BCUT2D eigenvalue weighted by Gasteiger charge is -2.34. The van der Waals surface area contributed by atoms with Gasteiger partial charge in [0.25, 0.3) is 15.9 Å². The van der Waals surface area contributed by atoms with Crippen LogP contribution in [0.5, 0.6) is 5.75 Å². The third-order valence-electron chi connectivity index (χ3n) is 6.23. The zero-order valence-corrected chi connectivity index (χ0v) is 19.6. The monoisotopic (exact) mass is 477 g/mol. The second kappa shape index (κ2) is 9.38. The SMILES string of the molecule is O=C(NCc1ccc(N2CCCC2)cc1)[C@@H]1CN(S(=O)(=O)c2ccccc2)c2ccccc2O1. The Hall–Kier alpha value is -3.52. The summed E-state index contributed by atoms with van der Waals surface area (Å²) in [4.78, 5) is 15.5. The van der Waals surface area contributed by atoms with Crippen LogP contribution in [0.4, 0.5) is 11.4 Å². The first-order valence-electron chi connectivity index (χ1n) is 11.5. The number of nitrogens with zero attached hydrogens (tertiary/aromatic N) is 2. The minimum absolute atomic E-state index is 0.103. The van der Waals surface area contributed by atoms with Crippen molar-refractivity contribution in [2.75, 3.05) is 28.8 Å². The molecule has 1 amide bonds. The van der Waals surface area contributed by atoms with Crippen LogP contribution in [0.1, 0.15) is 18.4 Å². The Morgan fingerprint density at radius 2 is 1.59 bits per heavy atom. The number of carbonyl (C=O) groups is 1. The van der Waals surface area contributed by atoms with Crippen molar-refractivity contribution < 1.29 is 17.9 Å². The number of amides is 1. The van der Waals surface area contributed by atoms with Crippen LogP contribution in [-0.2, 0) is 21.4 Å². The second-order valence-electron chi connectivity index (χ2n) is 8.50. The van der Waals surface area contributed by atoms with Gasteiger partial charge in [0.1, 0.15) is 5.75 Å². The number of hydrogen-bond acceptors (Lipinski definition) is 5. The number of ether oxygens (including phenoxy) is 1. The lowest BCUT2D eigenvalue weighted by atomic mass is 10.2. The quantitative estimate of drug-likeness (QED) is 0.587. The maximum atomic E-state index is 13.4. The summed E-state index contributed by atoms with van der Waals surface area (Å²) in [5.74, 6) is 0.00903. The molecular formula is C26H27N3O4S. The molecule has 0 aromatic heterocycles. The van der Waals surface area contributed by atoms with E-state index in [9.17, 15) is 13.2 Å². The number of benzene rings is 3. The van der Waals surface area contributed by atoms with Gasteiger partial charge in [-0.3, -0.25) is 9.10 Å². The largest absolute Gasteiger partial charge is 0.476 e. The zero-order valence-electron chi connectivity index (χ0n) is 18.8. The van der Waals surface area contributed by atoms with Gasteiger partial charge in [0.2, 0.25) is 0 Å². The van der Waals surface area contributed by atoms with Crippen LogP contribution >= 0.6 is 0 Å². The van der Waals surface area contributed by atoms with Crippen molar-refractivity contribution in [2.45, 2.75) is 30.4 Å². The van der Waals surface area contributed by atoms with Gasteiger partial charge in [0.05, 0.1) is 17.1 Å². The van der Waals surface area contributed by atoms with E-state index in [1.807, 2.05) is 12.1 Å². The average molecular weight is 478 g/mol. The number of nitrogens with one attached hydrogen (secondary N) is 1. The predicted molar refractivity (Wildman–Crippen MR) is 132 cm³/mol. The number of carbonyl (C=O) groups excluding carboxylic acids is 1. The van der Waals surface area contributed by atoms with Crippen LogP contribution in [0.15, 0.2) is 83.8 Å². The van der Waals surface area contributed by atoms with Crippen molar-refractivity contribution in [1.82, 2.24) is 5.32 Å². The molecule has 2 aliphatic heterocycles. The maximum absolute atomic E-state index is 13.4. The van der Waals surface area contributed by atoms with Crippen molar-refractivity contribution in [2.24, 2.45) is 0 Å². The second-order valence-corrected chi connectivity index (χ2v) is 10.4. The number of sulfonamides is 1. The maximum Gasteiger partial charge on any atom is 0.264 e. The van der Waals surface area contributed by atoms with Crippen LogP contribution < -0.4 is 19.3 Å². The first kappa shape index (κ1) is 22.3. The van der Waals surface area contributed by atoms with E-state index >= 15 is 0 Å². The van der Waals surface area contributed by atoms with Gasteiger partial charge in [0.15, 0.2) is 6.10 Å². The van der Waals surface area contributed by atoms with E-state index in [0.29, 0.717) is 18.0 Å². The molecule has 7 nitrogen and oxygen atoms in total. The molecule has 1 saturated heterocycles. The van der Waals surface area contributed by atoms with Gasteiger partial charge in [-0.15, -0.1) is 0 Å². The van der Waals surface area contributed by atoms with Crippen molar-refractivity contribution in [1.29, 1.82) is 0 Å². The van der Waals surface area contributed by atoms with Crippen molar-refractivity contribution in [3.63, 3.8) is 0 Å². The van der Waals surface area contributed by atoms with E-state index in [0.717, 1.165) is 18.7 Å². The minimum atomic E-state index is -3.85. The highest BCUT2D eigenvalue weighted by atomic mass is 32.2. The van der Waals surface area contributed by atoms with E-state index in [1.54, 1.807) is 54.6 Å². The Labute approximate surface area is 200 Å². The van der Waals surface area contributed by atoms with E-state index in [-0.39, 0.29) is 17.3 Å². The molecule has 3 aromatic rings. The molecule has 0 radical (unpaired) electrons. The van der Waals surface area contributed by atoms with Crippen molar-refractivity contribution >= 4 is 27.3 Å². The highest BCUT2D eigenvalue weighted by Gasteiger charge is 2.37. The molecule has 1 N–H and O–H groups in total. The Kier molecular flexibility index (Phi) is 6.15. The van der Waals surface area contributed by atoms with Gasteiger partial charge in [-0.1, -0.05) is 42.5 Å². The Morgan fingerprint density at radius 1 is 0.912 bits per heavy atom. The van der Waals surface area contributed by atoms with Crippen LogP contribution in [-0.4, -0.2) is 40.1 Å². The van der Waals surface area contributed by atoms with Crippen molar-refractivity contribution in [3.05, 3.63) is 84.4 Å². The fourth-order valence-electron chi connectivity index (χ4n) is 4.39. The molecule has 0 saturated carbocycles. The summed E-state index contributed by atoms with van der Waals surface area (Å²) in [6, 6.07) is 23.3. The van der Waals surface area contributed by atoms with Gasteiger partial charge in [-0.05, 0) is 54.8 Å². The standard InChI is InChI=1S/C26H27N3O4S/c30-26(27-18-20-12-14-21(15-13-20)28-16-6-7-17-28)25-19-29(23-10-4-5-11-24(23)33-25)34(31,32)22-8-2-1-3-9-22/h1-5,8-15,25H,6-7,16-19H2,(H,27,30)/t25-/m0/s1. The third-order valence-corrected chi connectivity index (χ3v) is 8.03. The van der Waals surface area contributed by atoms with Crippen LogP contribution in [0.2, 0.25) is 0 Å². The molecule has 2 aliphatic rings. The molecule has 8 heteroatoms. The number of hydrogen-bond donors (Lipinski definition) is 1. The lowest BCUT2D eigenvalue weighted by Crippen LogP contribution is -2.50.